The minimum atomic E-state index is -4.44. The molecule has 2 atom stereocenters. The molecule has 8 heteroatoms. The summed E-state index contributed by atoms with van der Waals surface area (Å²) in [4.78, 5) is 0. The van der Waals surface area contributed by atoms with Gasteiger partial charge in [0, 0.05) is 23.1 Å². The number of fused-ring (bicyclic) bond motifs is 4. The summed E-state index contributed by atoms with van der Waals surface area (Å²) in [6.07, 6.45) is -4.62. The molecular weight excluding hydrogens is 433 g/mol. The van der Waals surface area contributed by atoms with Crippen LogP contribution in [0.3, 0.4) is 0 Å². The zero-order chi connectivity index (χ0) is 22.6. The maximum absolute atomic E-state index is 13.4. The van der Waals surface area contributed by atoms with Crippen LogP contribution in [0.25, 0.3) is 0 Å². The molecule has 3 aromatic rings. The van der Waals surface area contributed by atoms with Crippen molar-refractivity contribution in [3.63, 3.8) is 0 Å². The molecule has 0 saturated heterocycles. The molecular formula is C25H19F3N2O3. The first-order valence-electron chi connectivity index (χ1n) is 10.7. The number of hydrogen-bond acceptors (Lipinski definition) is 5. The van der Waals surface area contributed by atoms with Gasteiger partial charge in [-0.15, -0.1) is 0 Å². The quantitative estimate of drug-likeness (QED) is 0.499. The fraction of sp³-hybridized carbons (Fsp3) is 0.240. The first-order chi connectivity index (χ1) is 16.0. The lowest BCUT2D eigenvalue weighted by molar-refractivity contribution is -0.137. The average Bonchev–Trinajstić information content (AvgIpc) is 3.29. The highest BCUT2D eigenvalue weighted by molar-refractivity contribution is 6.02. The van der Waals surface area contributed by atoms with Crippen LogP contribution in [-0.4, -0.2) is 23.9 Å². The number of rotatable bonds is 2. The maximum Gasteiger partial charge on any atom is 0.416 e. The van der Waals surface area contributed by atoms with Crippen LogP contribution < -0.4 is 14.2 Å². The predicted octanol–water partition coefficient (Wildman–Crippen LogP) is 5.72. The third kappa shape index (κ3) is 3.46. The number of nitrogens with zero attached hydrogens (tertiary/aromatic N) is 2. The molecule has 0 radical (unpaired) electrons. The highest BCUT2D eigenvalue weighted by Gasteiger charge is 2.42. The Labute approximate surface area is 188 Å². The van der Waals surface area contributed by atoms with E-state index in [0.717, 1.165) is 29.0 Å². The average molecular weight is 452 g/mol. The normalized spacial score (nSPS) is 21.1. The minimum Gasteiger partial charge on any atom is -0.486 e. The number of benzene rings is 3. The SMILES string of the molecule is FC(F)(F)c1cccc(C2Oc3ccccc3C3CC(c4ccc5c(c4)OCCO5)=NN32)c1. The summed E-state index contributed by atoms with van der Waals surface area (Å²) in [5.41, 5.74) is 2.34. The van der Waals surface area contributed by atoms with Gasteiger partial charge in [0.1, 0.15) is 19.0 Å². The van der Waals surface area contributed by atoms with Gasteiger partial charge in [0.2, 0.25) is 6.23 Å². The summed E-state index contributed by atoms with van der Waals surface area (Å²) < 4.78 is 57.6. The van der Waals surface area contributed by atoms with Gasteiger partial charge in [-0.2, -0.15) is 18.3 Å². The first-order valence-corrected chi connectivity index (χ1v) is 10.7. The Morgan fingerprint density at radius 3 is 2.52 bits per heavy atom. The zero-order valence-corrected chi connectivity index (χ0v) is 17.4. The van der Waals surface area contributed by atoms with Crippen LogP contribution in [0, 0.1) is 0 Å². The number of alkyl halides is 3. The molecule has 3 aromatic carbocycles. The topological polar surface area (TPSA) is 43.3 Å². The fourth-order valence-electron chi connectivity index (χ4n) is 4.52. The second kappa shape index (κ2) is 7.43. The van der Waals surface area contributed by atoms with E-state index in [1.54, 1.807) is 11.1 Å². The van der Waals surface area contributed by atoms with Gasteiger partial charge in [-0.1, -0.05) is 30.3 Å². The van der Waals surface area contributed by atoms with E-state index in [4.69, 9.17) is 19.3 Å². The van der Waals surface area contributed by atoms with E-state index in [0.29, 0.717) is 42.4 Å². The Morgan fingerprint density at radius 1 is 0.848 bits per heavy atom. The highest BCUT2D eigenvalue weighted by atomic mass is 19.4. The van der Waals surface area contributed by atoms with Crippen LogP contribution in [-0.2, 0) is 6.18 Å². The molecule has 0 aromatic heterocycles. The summed E-state index contributed by atoms with van der Waals surface area (Å²) >= 11 is 0. The van der Waals surface area contributed by atoms with Gasteiger partial charge in [-0.25, -0.2) is 5.01 Å². The van der Waals surface area contributed by atoms with E-state index >= 15 is 0 Å². The minimum absolute atomic E-state index is 0.155. The molecule has 0 amide bonds. The molecule has 3 aliphatic heterocycles. The van der Waals surface area contributed by atoms with E-state index < -0.39 is 18.0 Å². The second-order valence-electron chi connectivity index (χ2n) is 8.14. The van der Waals surface area contributed by atoms with E-state index in [2.05, 4.69) is 0 Å². The molecule has 0 bridgehead atoms. The lowest BCUT2D eigenvalue weighted by atomic mass is 9.95. The summed E-state index contributed by atoms with van der Waals surface area (Å²) in [5.74, 6) is 2.01. The molecule has 5 nitrogen and oxygen atoms in total. The van der Waals surface area contributed by atoms with Crippen molar-refractivity contribution in [1.82, 2.24) is 5.01 Å². The molecule has 168 valence electrons. The molecule has 0 N–H and O–H groups in total. The largest absolute Gasteiger partial charge is 0.486 e. The van der Waals surface area contributed by atoms with E-state index in [-0.39, 0.29) is 6.04 Å². The van der Waals surface area contributed by atoms with E-state index in [9.17, 15) is 13.2 Å². The van der Waals surface area contributed by atoms with Crippen LogP contribution in [0.5, 0.6) is 17.2 Å². The standard InChI is InChI=1S/C25H19F3N2O3/c26-25(27,28)17-5-3-4-16(12-17)24-30-20(18-6-1-2-7-21(18)33-24)14-19(29-30)15-8-9-22-23(13-15)32-11-10-31-22/h1-9,12-13,20,24H,10-11,14H2. The van der Waals surface area contributed by atoms with Gasteiger partial charge < -0.3 is 14.2 Å². The third-order valence-electron chi connectivity index (χ3n) is 6.07. The van der Waals surface area contributed by atoms with Gasteiger partial charge in [-0.3, -0.25) is 0 Å². The highest BCUT2D eigenvalue weighted by Crippen LogP contribution is 2.48. The molecule has 3 aliphatic rings. The monoisotopic (exact) mass is 452 g/mol. The Morgan fingerprint density at radius 2 is 1.67 bits per heavy atom. The van der Waals surface area contributed by atoms with Crippen LogP contribution in [0.4, 0.5) is 13.2 Å². The molecule has 0 fully saturated rings. The Kier molecular flexibility index (Phi) is 4.50. The third-order valence-corrected chi connectivity index (χ3v) is 6.07. The van der Waals surface area contributed by atoms with Crippen LogP contribution in [0.15, 0.2) is 71.8 Å². The first kappa shape index (κ1) is 20.0. The zero-order valence-electron chi connectivity index (χ0n) is 17.4. The number of halogens is 3. The van der Waals surface area contributed by atoms with Gasteiger partial charge >= 0.3 is 6.18 Å². The predicted molar refractivity (Wildman–Crippen MR) is 114 cm³/mol. The Balaban J connectivity index is 1.41. The van der Waals surface area contributed by atoms with Crippen LogP contribution >= 0.6 is 0 Å². The van der Waals surface area contributed by atoms with Gasteiger partial charge in [-0.05, 0) is 36.4 Å². The van der Waals surface area contributed by atoms with Crippen molar-refractivity contribution < 1.29 is 27.4 Å². The lowest BCUT2D eigenvalue weighted by Crippen LogP contribution is -2.33. The second-order valence-corrected chi connectivity index (χ2v) is 8.14. The summed E-state index contributed by atoms with van der Waals surface area (Å²) in [7, 11) is 0. The van der Waals surface area contributed by atoms with Crippen molar-refractivity contribution >= 4 is 5.71 Å². The lowest BCUT2D eigenvalue weighted by Gasteiger charge is -2.38. The van der Waals surface area contributed by atoms with E-state index in [1.807, 2.05) is 42.5 Å². The van der Waals surface area contributed by atoms with Crippen molar-refractivity contribution in [3.8, 4) is 17.2 Å². The Bertz CT molecular complexity index is 1260. The Hall–Kier alpha value is -3.68. The summed E-state index contributed by atoms with van der Waals surface area (Å²) in [6, 6.07) is 18.4. The molecule has 0 saturated carbocycles. The van der Waals surface area contributed by atoms with Crippen molar-refractivity contribution in [3.05, 3.63) is 89.0 Å². The molecule has 0 spiro atoms. The number of hydrazone groups is 1. The van der Waals surface area contributed by atoms with Crippen molar-refractivity contribution in [2.24, 2.45) is 5.10 Å². The van der Waals surface area contributed by atoms with E-state index in [1.165, 1.54) is 6.07 Å². The molecule has 33 heavy (non-hydrogen) atoms. The molecule has 0 aliphatic carbocycles. The number of ether oxygens (including phenoxy) is 3. The summed E-state index contributed by atoms with van der Waals surface area (Å²) in [6.45, 7) is 0.993. The van der Waals surface area contributed by atoms with Crippen molar-refractivity contribution in [2.75, 3.05) is 13.2 Å². The van der Waals surface area contributed by atoms with Crippen molar-refractivity contribution in [2.45, 2.75) is 24.9 Å². The fourth-order valence-corrected chi connectivity index (χ4v) is 4.52. The van der Waals surface area contributed by atoms with Crippen molar-refractivity contribution in [1.29, 1.82) is 0 Å². The van der Waals surface area contributed by atoms with Gasteiger partial charge in [0.05, 0.1) is 17.3 Å². The maximum atomic E-state index is 13.4. The van der Waals surface area contributed by atoms with Crippen LogP contribution in [0.1, 0.15) is 40.9 Å². The molecule has 2 unspecified atom stereocenters. The smallest absolute Gasteiger partial charge is 0.416 e. The number of para-hydroxylation sites is 1. The van der Waals surface area contributed by atoms with Gasteiger partial charge in [0.15, 0.2) is 11.5 Å². The van der Waals surface area contributed by atoms with Crippen LogP contribution in [0.2, 0.25) is 0 Å². The van der Waals surface area contributed by atoms with Gasteiger partial charge in [0.25, 0.3) is 0 Å². The number of hydrogen-bond donors (Lipinski definition) is 0. The molecule has 3 heterocycles. The summed E-state index contributed by atoms with van der Waals surface area (Å²) in [5, 5.41) is 6.59. The molecule has 6 rings (SSSR count).